The molecule has 3 aromatic rings. The van der Waals surface area contributed by atoms with Gasteiger partial charge >= 0.3 is 23.9 Å². The Balaban J connectivity index is 1.49. The number of fused-ring (bicyclic) bond motifs is 3. The van der Waals surface area contributed by atoms with Crippen molar-refractivity contribution in [1.29, 1.82) is 0 Å². The Morgan fingerprint density at radius 3 is 1.92 bits per heavy atom. The zero-order valence-corrected chi connectivity index (χ0v) is 34.7. The number of amides is 1. The molecule has 0 spiro atoms. The Bertz CT molecular complexity index is 2180. The van der Waals surface area contributed by atoms with Crippen LogP contribution < -0.4 is 5.32 Å². The van der Waals surface area contributed by atoms with Crippen LogP contribution in [-0.2, 0) is 42.9 Å². The van der Waals surface area contributed by atoms with Crippen LogP contribution in [0.5, 0.6) is 0 Å². The van der Waals surface area contributed by atoms with Crippen LogP contribution >= 0.6 is 0 Å². The molecule has 2 aliphatic carbocycles. The fourth-order valence-corrected chi connectivity index (χ4v) is 8.90. The lowest BCUT2D eigenvalue weighted by molar-refractivity contribution is -0.338. The van der Waals surface area contributed by atoms with Gasteiger partial charge in [0, 0.05) is 32.3 Å². The SMILES string of the molecule is CC(=O)O[C@H]1C(=O)[C@@]2(C)C([C@H](OC(=O)c3ccccc3)[C@](C)(O)C[C@H](OC(=O)[C@H](O)[C@@H](NC(=O)c3ccccc3)c3ccccc3)/C(C)=C/1C)[C@]1(OC(C)=O)CO[C@@H]1C[C@@H]2O. The summed E-state index contributed by atoms with van der Waals surface area (Å²) < 4.78 is 29.8. The van der Waals surface area contributed by atoms with Crippen molar-refractivity contribution in [2.75, 3.05) is 6.61 Å². The Morgan fingerprint density at radius 1 is 0.803 bits per heavy atom. The predicted octanol–water partition coefficient (Wildman–Crippen LogP) is 3.74. The van der Waals surface area contributed by atoms with Crippen LogP contribution in [0.15, 0.2) is 102 Å². The normalized spacial score (nSPS) is 32.0. The quantitative estimate of drug-likeness (QED) is 0.130. The molecule has 1 saturated heterocycles. The molecule has 324 valence electrons. The minimum absolute atomic E-state index is 0.0584. The fraction of sp³-hybridized carbons (Fsp3) is 0.435. The summed E-state index contributed by atoms with van der Waals surface area (Å²) >= 11 is 0. The molecule has 0 bridgehead atoms. The summed E-state index contributed by atoms with van der Waals surface area (Å²) in [6.45, 7) is 7.50. The van der Waals surface area contributed by atoms with E-state index >= 15 is 4.79 Å². The molecule has 3 aliphatic rings. The van der Waals surface area contributed by atoms with Crippen LogP contribution in [0.3, 0.4) is 0 Å². The number of ether oxygens (including phenoxy) is 5. The molecule has 0 radical (unpaired) electrons. The number of aliphatic hydroxyl groups excluding tert-OH is 2. The van der Waals surface area contributed by atoms with Gasteiger partial charge in [0.25, 0.3) is 5.91 Å². The third-order valence-electron chi connectivity index (χ3n) is 12.3. The Labute approximate surface area is 353 Å². The average Bonchev–Trinajstić information content (AvgIpc) is 3.23. The molecular formula is C46H51NO14. The largest absolute Gasteiger partial charge is 0.456 e. The highest BCUT2D eigenvalue weighted by atomic mass is 16.6. The van der Waals surface area contributed by atoms with E-state index in [2.05, 4.69) is 5.32 Å². The highest BCUT2D eigenvalue weighted by molar-refractivity contribution is 5.96. The summed E-state index contributed by atoms with van der Waals surface area (Å²) in [4.78, 5) is 82.6. The van der Waals surface area contributed by atoms with Crippen molar-refractivity contribution in [3.05, 3.63) is 119 Å². The van der Waals surface area contributed by atoms with Gasteiger partial charge in [-0.3, -0.25) is 19.2 Å². The van der Waals surface area contributed by atoms with Gasteiger partial charge in [-0.1, -0.05) is 66.7 Å². The standard InChI is InChI=1S/C46H51NO14/c1-25-26(2)37(58-27(3)48)39(52)45(6)33(50)22-34-46(24-57-34,61-28(4)49)38(45)40(60-42(54)31-20-14-9-15-21-31)44(5,56)23-32(25)59-43(55)36(51)35(29-16-10-7-11-17-29)47-41(53)30-18-12-8-13-19-30/h7-21,32-38,40,50-51,56H,22-24H2,1-6H3,(H,47,53)/b26-25+/t32-,33-,34+,35-,36+,37+,38?,40-,44+,45+,46-/m0/s1. The lowest BCUT2D eigenvalue weighted by Gasteiger charge is -2.64. The van der Waals surface area contributed by atoms with E-state index < -0.39 is 107 Å². The molecule has 4 N–H and O–H groups in total. The van der Waals surface area contributed by atoms with Gasteiger partial charge in [-0.15, -0.1) is 0 Å². The number of carbonyl (C=O) groups excluding carboxylic acids is 6. The number of esters is 4. The molecule has 15 nitrogen and oxygen atoms in total. The van der Waals surface area contributed by atoms with E-state index in [1.54, 1.807) is 78.9 Å². The van der Waals surface area contributed by atoms with Crippen LogP contribution in [0.4, 0.5) is 0 Å². The van der Waals surface area contributed by atoms with Crippen molar-refractivity contribution in [3.8, 4) is 0 Å². The number of rotatable bonds is 10. The number of nitrogens with one attached hydrogen (secondary N) is 1. The van der Waals surface area contributed by atoms with Crippen LogP contribution in [0.1, 0.15) is 86.7 Å². The third kappa shape index (κ3) is 8.73. The second-order valence-corrected chi connectivity index (χ2v) is 16.4. The first-order chi connectivity index (χ1) is 28.8. The molecular weight excluding hydrogens is 790 g/mol. The number of ketones is 1. The maximum Gasteiger partial charge on any atom is 0.338 e. The van der Waals surface area contributed by atoms with Gasteiger partial charge in [-0.05, 0) is 68.7 Å². The average molecular weight is 842 g/mol. The monoisotopic (exact) mass is 841 g/mol. The van der Waals surface area contributed by atoms with Gasteiger partial charge < -0.3 is 44.3 Å². The van der Waals surface area contributed by atoms with E-state index in [1.165, 1.54) is 39.8 Å². The Hall–Kier alpha value is -5.74. The van der Waals surface area contributed by atoms with E-state index in [0.717, 1.165) is 13.8 Å². The van der Waals surface area contributed by atoms with Gasteiger partial charge in [0.1, 0.15) is 23.9 Å². The lowest BCUT2D eigenvalue weighted by Crippen LogP contribution is -2.79. The van der Waals surface area contributed by atoms with Crippen molar-refractivity contribution >= 4 is 35.6 Å². The first-order valence-electron chi connectivity index (χ1n) is 20.0. The van der Waals surface area contributed by atoms with Crippen molar-refractivity contribution < 1.29 is 67.8 Å². The topological polar surface area (TPSA) is 221 Å². The Kier molecular flexibility index (Phi) is 13.0. The molecule has 61 heavy (non-hydrogen) atoms. The van der Waals surface area contributed by atoms with Crippen molar-refractivity contribution in [2.45, 2.75) is 108 Å². The molecule has 11 atom stereocenters. The van der Waals surface area contributed by atoms with Crippen LogP contribution in [0, 0.1) is 11.3 Å². The van der Waals surface area contributed by atoms with Crippen LogP contribution in [0.25, 0.3) is 0 Å². The van der Waals surface area contributed by atoms with E-state index in [-0.39, 0.29) is 35.3 Å². The summed E-state index contributed by atoms with van der Waals surface area (Å²) in [7, 11) is 0. The summed E-state index contributed by atoms with van der Waals surface area (Å²) in [6.07, 6.45) is -10.5. The lowest BCUT2D eigenvalue weighted by atomic mass is 9.50. The molecule has 1 saturated carbocycles. The first-order valence-corrected chi connectivity index (χ1v) is 20.0. The van der Waals surface area contributed by atoms with E-state index in [1.807, 2.05) is 0 Å². The third-order valence-corrected chi connectivity index (χ3v) is 12.3. The number of benzene rings is 3. The maximum absolute atomic E-state index is 15.3. The minimum atomic E-state index is -2.30. The zero-order valence-electron chi connectivity index (χ0n) is 34.7. The number of Topliss-reactive ketones (excluding diaryl/α,β-unsaturated/α-hetero) is 1. The second kappa shape index (κ2) is 17.7. The van der Waals surface area contributed by atoms with Crippen molar-refractivity contribution in [1.82, 2.24) is 5.32 Å². The molecule has 1 amide bonds. The molecule has 0 aromatic heterocycles. The number of hydrogen-bond acceptors (Lipinski definition) is 14. The van der Waals surface area contributed by atoms with Gasteiger partial charge in [-0.25, -0.2) is 9.59 Å². The highest BCUT2D eigenvalue weighted by Crippen LogP contribution is 2.59. The first kappa shape index (κ1) is 44.8. The molecule has 6 rings (SSSR count). The van der Waals surface area contributed by atoms with E-state index in [9.17, 15) is 39.3 Å². The number of aliphatic hydroxyl groups is 3. The summed E-state index contributed by atoms with van der Waals surface area (Å²) in [5.41, 5.74) is -5.28. The van der Waals surface area contributed by atoms with Crippen LogP contribution in [0.2, 0.25) is 0 Å². The van der Waals surface area contributed by atoms with Gasteiger partial charge in [0.05, 0.1) is 35.6 Å². The summed E-state index contributed by atoms with van der Waals surface area (Å²) in [5.74, 6) is -6.91. The number of hydrogen-bond donors (Lipinski definition) is 4. The van der Waals surface area contributed by atoms with E-state index in [4.69, 9.17) is 23.7 Å². The van der Waals surface area contributed by atoms with Crippen molar-refractivity contribution in [2.24, 2.45) is 11.3 Å². The Morgan fingerprint density at radius 2 is 1.38 bits per heavy atom. The van der Waals surface area contributed by atoms with Crippen molar-refractivity contribution in [3.63, 3.8) is 0 Å². The number of carbonyl (C=O) groups is 6. The predicted molar refractivity (Wildman–Crippen MR) is 215 cm³/mol. The molecule has 15 heteroatoms. The fourth-order valence-electron chi connectivity index (χ4n) is 8.90. The maximum atomic E-state index is 15.3. The molecule has 1 heterocycles. The molecule has 1 unspecified atom stereocenters. The molecule has 1 aliphatic heterocycles. The van der Waals surface area contributed by atoms with E-state index in [0.29, 0.717) is 5.56 Å². The van der Waals surface area contributed by atoms with Gasteiger partial charge in [0.15, 0.2) is 23.6 Å². The zero-order chi connectivity index (χ0) is 44.4. The van der Waals surface area contributed by atoms with Gasteiger partial charge in [0.2, 0.25) is 0 Å². The van der Waals surface area contributed by atoms with Gasteiger partial charge in [-0.2, -0.15) is 0 Å². The summed E-state index contributed by atoms with van der Waals surface area (Å²) in [6, 6.07) is 22.8. The molecule has 2 fully saturated rings. The highest BCUT2D eigenvalue weighted by Gasteiger charge is 2.74. The van der Waals surface area contributed by atoms with Crippen LogP contribution in [-0.4, -0.2) is 105 Å². The minimum Gasteiger partial charge on any atom is -0.456 e. The second-order valence-electron chi connectivity index (χ2n) is 16.4. The molecule has 3 aromatic carbocycles. The summed E-state index contributed by atoms with van der Waals surface area (Å²) in [5, 5.41) is 39.3. The smallest absolute Gasteiger partial charge is 0.338 e.